The average molecular weight is 263 g/mol. The molecule has 18 heavy (non-hydrogen) atoms. The van der Waals surface area contributed by atoms with E-state index in [1.165, 1.54) is 11.3 Å². The molecule has 0 unspecified atom stereocenters. The number of amides is 1. The number of anilines is 2. The van der Waals surface area contributed by atoms with Crippen LogP contribution in [0.25, 0.3) is 0 Å². The lowest BCUT2D eigenvalue weighted by atomic mass is 10.3. The van der Waals surface area contributed by atoms with Gasteiger partial charge in [-0.1, -0.05) is 0 Å². The minimum absolute atomic E-state index is 0.186. The number of rotatable bonds is 4. The monoisotopic (exact) mass is 263 g/mol. The zero-order valence-electron chi connectivity index (χ0n) is 10.1. The molecule has 0 saturated heterocycles. The number of carbonyl (C=O) groups is 1. The van der Waals surface area contributed by atoms with Gasteiger partial charge >= 0.3 is 0 Å². The van der Waals surface area contributed by atoms with Gasteiger partial charge in [-0.25, -0.2) is 4.98 Å². The lowest BCUT2D eigenvalue weighted by molar-refractivity contribution is 0.0959. The molecule has 0 aliphatic heterocycles. The number of ether oxygens (including phenoxy) is 1. The first-order valence-electron chi connectivity index (χ1n) is 5.31. The predicted molar refractivity (Wildman–Crippen MR) is 71.8 cm³/mol. The lowest BCUT2D eigenvalue weighted by Gasteiger charge is -2.03. The molecular weight excluding hydrogens is 250 g/mol. The van der Waals surface area contributed by atoms with Crippen LogP contribution >= 0.6 is 11.3 Å². The highest BCUT2D eigenvalue weighted by Gasteiger charge is 2.08. The van der Waals surface area contributed by atoms with Crippen LogP contribution in [0.4, 0.5) is 10.8 Å². The third kappa shape index (κ3) is 2.78. The molecule has 1 amide bonds. The van der Waals surface area contributed by atoms with Crippen molar-refractivity contribution in [2.24, 2.45) is 0 Å². The highest BCUT2D eigenvalue weighted by atomic mass is 32.1. The molecule has 0 aliphatic carbocycles. The topological polar surface area (TPSA) is 63.2 Å². The van der Waals surface area contributed by atoms with Crippen molar-refractivity contribution in [3.05, 3.63) is 35.3 Å². The first-order valence-corrected chi connectivity index (χ1v) is 6.19. The number of benzene rings is 1. The number of aromatic nitrogens is 1. The van der Waals surface area contributed by atoms with Crippen LogP contribution in [0, 0.1) is 0 Å². The smallest absolute Gasteiger partial charge is 0.270 e. The van der Waals surface area contributed by atoms with Crippen LogP contribution in [-0.2, 0) is 0 Å². The molecule has 6 heteroatoms. The van der Waals surface area contributed by atoms with Crippen LogP contribution in [0.3, 0.4) is 0 Å². The van der Waals surface area contributed by atoms with Crippen molar-refractivity contribution in [1.29, 1.82) is 0 Å². The van der Waals surface area contributed by atoms with Gasteiger partial charge in [0.05, 0.1) is 7.11 Å². The average Bonchev–Trinajstić information content (AvgIpc) is 2.87. The summed E-state index contributed by atoms with van der Waals surface area (Å²) in [5, 5.41) is 8.05. The summed E-state index contributed by atoms with van der Waals surface area (Å²) in [4.78, 5) is 15.5. The van der Waals surface area contributed by atoms with Crippen LogP contribution in [0.1, 0.15) is 10.5 Å². The standard InChI is InChI=1S/C12H13N3O2S/c1-13-11(16)10-7-18-12(15-10)14-8-3-5-9(17-2)6-4-8/h3-7H,1-2H3,(H,13,16)(H,14,15). The highest BCUT2D eigenvalue weighted by Crippen LogP contribution is 2.22. The minimum atomic E-state index is -0.186. The summed E-state index contributed by atoms with van der Waals surface area (Å²) in [5.74, 6) is 0.611. The highest BCUT2D eigenvalue weighted by molar-refractivity contribution is 7.14. The Labute approximate surface area is 109 Å². The van der Waals surface area contributed by atoms with Crippen LogP contribution in [0.5, 0.6) is 5.75 Å². The number of hydrogen-bond donors (Lipinski definition) is 2. The summed E-state index contributed by atoms with van der Waals surface area (Å²) in [6, 6.07) is 7.49. The Hall–Kier alpha value is -2.08. The van der Waals surface area contributed by atoms with Crippen molar-refractivity contribution in [2.75, 3.05) is 19.5 Å². The van der Waals surface area contributed by atoms with Gasteiger partial charge in [0, 0.05) is 18.1 Å². The Morgan fingerprint density at radius 2 is 2.06 bits per heavy atom. The Morgan fingerprint density at radius 3 is 2.67 bits per heavy atom. The minimum Gasteiger partial charge on any atom is -0.497 e. The first-order chi connectivity index (χ1) is 8.72. The fraction of sp³-hybridized carbons (Fsp3) is 0.167. The summed E-state index contributed by atoms with van der Waals surface area (Å²) in [6.07, 6.45) is 0. The summed E-state index contributed by atoms with van der Waals surface area (Å²) < 4.78 is 5.08. The third-order valence-electron chi connectivity index (χ3n) is 2.31. The van der Waals surface area contributed by atoms with E-state index in [9.17, 15) is 4.79 Å². The van der Waals surface area contributed by atoms with E-state index in [0.29, 0.717) is 10.8 Å². The van der Waals surface area contributed by atoms with E-state index in [-0.39, 0.29) is 5.91 Å². The van der Waals surface area contributed by atoms with Crippen molar-refractivity contribution < 1.29 is 9.53 Å². The van der Waals surface area contributed by atoms with E-state index in [1.807, 2.05) is 24.3 Å². The van der Waals surface area contributed by atoms with Crippen LogP contribution < -0.4 is 15.4 Å². The van der Waals surface area contributed by atoms with Gasteiger partial charge in [0.25, 0.3) is 5.91 Å². The quantitative estimate of drug-likeness (QED) is 0.888. The summed E-state index contributed by atoms with van der Waals surface area (Å²) in [5.41, 5.74) is 1.31. The van der Waals surface area contributed by atoms with Gasteiger partial charge in [-0.2, -0.15) is 0 Å². The van der Waals surface area contributed by atoms with Crippen molar-refractivity contribution in [1.82, 2.24) is 10.3 Å². The molecule has 0 spiro atoms. The second kappa shape index (κ2) is 5.50. The first kappa shape index (κ1) is 12.4. The van der Waals surface area contributed by atoms with E-state index in [0.717, 1.165) is 11.4 Å². The van der Waals surface area contributed by atoms with Crippen molar-refractivity contribution in [3.8, 4) is 5.75 Å². The maximum absolute atomic E-state index is 11.4. The molecule has 0 saturated carbocycles. The zero-order valence-corrected chi connectivity index (χ0v) is 10.9. The molecule has 2 aromatic rings. The van der Waals surface area contributed by atoms with Gasteiger partial charge in [-0.3, -0.25) is 4.79 Å². The lowest BCUT2D eigenvalue weighted by Crippen LogP contribution is -2.17. The van der Waals surface area contributed by atoms with Crippen molar-refractivity contribution in [2.45, 2.75) is 0 Å². The maximum Gasteiger partial charge on any atom is 0.270 e. The Balaban J connectivity index is 2.08. The number of carbonyl (C=O) groups excluding carboxylic acids is 1. The normalized spacial score (nSPS) is 9.89. The molecule has 1 aromatic carbocycles. The number of hydrogen-bond acceptors (Lipinski definition) is 5. The molecule has 0 bridgehead atoms. The molecule has 2 N–H and O–H groups in total. The summed E-state index contributed by atoms with van der Waals surface area (Å²) in [6.45, 7) is 0. The molecule has 0 radical (unpaired) electrons. The van der Waals surface area contributed by atoms with Crippen molar-refractivity contribution in [3.63, 3.8) is 0 Å². The second-order valence-corrected chi connectivity index (χ2v) is 4.33. The van der Waals surface area contributed by atoms with Gasteiger partial charge < -0.3 is 15.4 Å². The van der Waals surface area contributed by atoms with Gasteiger partial charge in [0.2, 0.25) is 0 Å². The zero-order chi connectivity index (χ0) is 13.0. The van der Waals surface area contributed by atoms with Crippen LogP contribution in [-0.4, -0.2) is 25.0 Å². The SMILES string of the molecule is CNC(=O)c1csc(Nc2ccc(OC)cc2)n1. The van der Waals surface area contributed by atoms with E-state index in [4.69, 9.17) is 4.74 Å². The number of nitrogens with zero attached hydrogens (tertiary/aromatic N) is 1. The molecule has 94 valence electrons. The number of nitrogens with one attached hydrogen (secondary N) is 2. The molecule has 0 atom stereocenters. The van der Waals surface area contributed by atoms with Crippen LogP contribution in [0.15, 0.2) is 29.6 Å². The molecule has 2 rings (SSSR count). The molecule has 5 nitrogen and oxygen atoms in total. The Morgan fingerprint density at radius 1 is 1.33 bits per heavy atom. The van der Waals surface area contributed by atoms with E-state index in [2.05, 4.69) is 15.6 Å². The number of methoxy groups -OCH3 is 1. The molecule has 1 aromatic heterocycles. The van der Waals surface area contributed by atoms with E-state index >= 15 is 0 Å². The fourth-order valence-corrected chi connectivity index (χ4v) is 2.07. The van der Waals surface area contributed by atoms with Gasteiger partial charge in [-0.05, 0) is 24.3 Å². The Kier molecular flexibility index (Phi) is 3.78. The largest absolute Gasteiger partial charge is 0.497 e. The van der Waals surface area contributed by atoms with E-state index < -0.39 is 0 Å². The van der Waals surface area contributed by atoms with Gasteiger partial charge in [0.15, 0.2) is 5.13 Å². The van der Waals surface area contributed by atoms with Crippen molar-refractivity contribution >= 4 is 28.1 Å². The van der Waals surface area contributed by atoms with Crippen LogP contribution in [0.2, 0.25) is 0 Å². The summed E-state index contributed by atoms with van der Waals surface area (Å²) >= 11 is 1.38. The molecular formula is C12H13N3O2S. The third-order valence-corrected chi connectivity index (χ3v) is 3.06. The molecule has 0 aliphatic rings. The maximum atomic E-state index is 11.4. The number of thiazole rings is 1. The van der Waals surface area contributed by atoms with E-state index in [1.54, 1.807) is 19.5 Å². The second-order valence-electron chi connectivity index (χ2n) is 3.47. The summed E-state index contributed by atoms with van der Waals surface area (Å²) in [7, 11) is 3.21. The molecule has 1 heterocycles. The van der Waals surface area contributed by atoms with Gasteiger partial charge in [0.1, 0.15) is 11.4 Å². The predicted octanol–water partition coefficient (Wildman–Crippen LogP) is 2.25. The Bertz CT molecular complexity index is 537. The fourth-order valence-electron chi connectivity index (χ4n) is 1.36. The van der Waals surface area contributed by atoms with Gasteiger partial charge in [-0.15, -0.1) is 11.3 Å². The molecule has 0 fully saturated rings.